The summed E-state index contributed by atoms with van der Waals surface area (Å²) in [4.78, 5) is 2.46. The van der Waals surface area contributed by atoms with Crippen LogP contribution in [0.5, 0.6) is 0 Å². The van der Waals surface area contributed by atoms with E-state index in [2.05, 4.69) is 18.7 Å². The third-order valence-electron chi connectivity index (χ3n) is 9.93. The topological polar surface area (TPSA) is 23.2 Å². The number of aliphatic hydroxyl groups is 1. The van der Waals surface area contributed by atoms with E-state index >= 15 is 0 Å². The highest BCUT2D eigenvalue weighted by molar-refractivity contribution is 5.15. The Balaban J connectivity index is 1.43. The van der Waals surface area contributed by atoms with Gasteiger partial charge < -0.3 is 5.11 Å². The monoisotopic (exact) mass is 331 g/mol. The fraction of sp³-hybridized carbons (Fsp3) is 1.00. The molecule has 0 aromatic rings. The fourth-order valence-corrected chi connectivity index (χ4v) is 8.26. The molecular formula is C22H37NO. The summed E-state index contributed by atoms with van der Waals surface area (Å²) in [6.45, 7) is 8.52. The average molecular weight is 332 g/mol. The molecule has 2 nitrogen and oxygen atoms in total. The summed E-state index contributed by atoms with van der Waals surface area (Å²) >= 11 is 0. The molecule has 5 aliphatic rings. The highest BCUT2D eigenvalue weighted by Gasteiger charge is 2.64. The maximum absolute atomic E-state index is 11.6. The molecule has 0 unspecified atom stereocenters. The predicted molar refractivity (Wildman–Crippen MR) is 97.7 cm³/mol. The van der Waals surface area contributed by atoms with E-state index < -0.39 is 5.60 Å². The lowest BCUT2D eigenvalue weighted by Gasteiger charge is -2.61. The first-order valence-electron chi connectivity index (χ1n) is 10.9. The molecule has 1 heterocycles. The van der Waals surface area contributed by atoms with E-state index in [9.17, 15) is 5.11 Å². The van der Waals surface area contributed by atoms with Gasteiger partial charge in [0.1, 0.15) is 0 Å². The Hall–Kier alpha value is -0.0800. The number of hydrogen-bond donors (Lipinski definition) is 1. The van der Waals surface area contributed by atoms with Gasteiger partial charge in [0.2, 0.25) is 0 Å². The normalized spacial score (nSPS) is 57.1. The van der Waals surface area contributed by atoms with Gasteiger partial charge >= 0.3 is 0 Å². The van der Waals surface area contributed by atoms with Gasteiger partial charge in [-0.25, -0.2) is 0 Å². The van der Waals surface area contributed by atoms with Gasteiger partial charge in [-0.3, -0.25) is 4.90 Å². The lowest BCUT2D eigenvalue weighted by atomic mass is 9.44. The van der Waals surface area contributed by atoms with Gasteiger partial charge in [-0.05, 0) is 80.5 Å². The number of β-amino-alcohol motifs (C(OH)–C–C–N with tert-alkyl or cyclic N) is 1. The summed E-state index contributed by atoms with van der Waals surface area (Å²) in [5, 5.41) is 11.6. The van der Waals surface area contributed by atoms with Crippen LogP contribution in [0.3, 0.4) is 0 Å². The Bertz CT molecular complexity index is 516. The number of hydrogen-bond acceptors (Lipinski definition) is 2. The highest BCUT2D eigenvalue weighted by Crippen LogP contribution is 2.68. The van der Waals surface area contributed by atoms with Crippen LogP contribution < -0.4 is 0 Å². The second-order valence-electron chi connectivity index (χ2n) is 10.7. The zero-order chi connectivity index (χ0) is 16.6. The molecule has 0 aromatic carbocycles. The molecule has 0 aromatic heterocycles. The standard InChI is InChI=1S/C22H37NO/c1-20-10-4-3-5-16(20)6-7-17-18(20)8-11-21(2)19(17)9-12-22(21,24)15-23-13-14-23/h16-19,24H,3-15H2,1-2H3/t16-,17-,18-,19+,20+,21+,22-/m1/s1. The third-order valence-corrected chi connectivity index (χ3v) is 9.93. The minimum atomic E-state index is -0.399. The van der Waals surface area contributed by atoms with Gasteiger partial charge in [-0.1, -0.05) is 26.7 Å². The Morgan fingerprint density at radius 3 is 2.46 bits per heavy atom. The van der Waals surface area contributed by atoms with Crippen LogP contribution in [0.25, 0.3) is 0 Å². The highest BCUT2D eigenvalue weighted by atomic mass is 16.3. The molecule has 0 bridgehead atoms. The van der Waals surface area contributed by atoms with E-state index in [4.69, 9.17) is 0 Å². The quantitative estimate of drug-likeness (QED) is 0.755. The lowest BCUT2D eigenvalue weighted by molar-refractivity contribution is -0.153. The van der Waals surface area contributed by atoms with Gasteiger partial charge in [0.05, 0.1) is 5.60 Å². The maximum Gasteiger partial charge on any atom is 0.0830 e. The number of fused-ring (bicyclic) bond motifs is 5. The summed E-state index contributed by atoms with van der Waals surface area (Å²) < 4.78 is 0. The van der Waals surface area contributed by atoms with Crippen molar-refractivity contribution in [1.82, 2.24) is 4.90 Å². The Kier molecular flexibility index (Phi) is 3.51. The van der Waals surface area contributed by atoms with Crippen molar-refractivity contribution in [2.45, 2.75) is 83.7 Å². The molecule has 7 atom stereocenters. The van der Waals surface area contributed by atoms with Gasteiger partial charge in [-0.2, -0.15) is 0 Å². The second-order valence-corrected chi connectivity index (χ2v) is 10.7. The first-order valence-corrected chi connectivity index (χ1v) is 10.9. The first-order chi connectivity index (χ1) is 11.5. The Morgan fingerprint density at radius 1 is 0.875 bits per heavy atom. The molecule has 5 fully saturated rings. The van der Waals surface area contributed by atoms with Gasteiger partial charge in [-0.15, -0.1) is 0 Å². The van der Waals surface area contributed by atoms with E-state index in [1.807, 2.05) is 0 Å². The Morgan fingerprint density at radius 2 is 1.67 bits per heavy atom. The lowest BCUT2D eigenvalue weighted by Crippen LogP contribution is -2.57. The van der Waals surface area contributed by atoms with Crippen LogP contribution in [0.4, 0.5) is 0 Å². The van der Waals surface area contributed by atoms with Crippen LogP contribution in [0.15, 0.2) is 0 Å². The van der Waals surface area contributed by atoms with Gasteiger partial charge in [0.25, 0.3) is 0 Å². The summed E-state index contributed by atoms with van der Waals surface area (Å²) in [7, 11) is 0. The largest absolute Gasteiger partial charge is 0.388 e. The van der Waals surface area contributed by atoms with Crippen molar-refractivity contribution in [1.29, 1.82) is 0 Å². The number of nitrogens with zero attached hydrogens (tertiary/aromatic N) is 1. The second kappa shape index (κ2) is 5.22. The average Bonchev–Trinajstić information content (AvgIpc) is 3.32. The minimum absolute atomic E-state index is 0.189. The molecule has 1 N–H and O–H groups in total. The summed E-state index contributed by atoms with van der Waals surface area (Å²) in [5.74, 6) is 3.67. The third kappa shape index (κ3) is 2.08. The van der Waals surface area contributed by atoms with Crippen LogP contribution >= 0.6 is 0 Å². The van der Waals surface area contributed by atoms with Gasteiger partial charge in [0, 0.05) is 25.0 Å². The van der Waals surface area contributed by atoms with Crippen LogP contribution in [0.1, 0.15) is 78.1 Å². The summed E-state index contributed by atoms with van der Waals surface area (Å²) in [6.07, 6.45) is 13.9. The molecule has 1 aliphatic heterocycles. The minimum Gasteiger partial charge on any atom is -0.388 e. The van der Waals surface area contributed by atoms with Gasteiger partial charge in [0.15, 0.2) is 0 Å². The van der Waals surface area contributed by atoms with Crippen LogP contribution in [0.2, 0.25) is 0 Å². The molecule has 5 rings (SSSR count). The van der Waals surface area contributed by atoms with E-state index in [0.29, 0.717) is 5.41 Å². The molecule has 136 valence electrons. The molecule has 4 aliphatic carbocycles. The molecule has 24 heavy (non-hydrogen) atoms. The van der Waals surface area contributed by atoms with Crippen molar-refractivity contribution in [3.63, 3.8) is 0 Å². The zero-order valence-electron chi connectivity index (χ0n) is 15.9. The van der Waals surface area contributed by atoms with E-state index in [-0.39, 0.29) is 5.41 Å². The van der Waals surface area contributed by atoms with Crippen LogP contribution in [-0.4, -0.2) is 35.2 Å². The molecule has 0 spiro atoms. The van der Waals surface area contributed by atoms with E-state index in [1.54, 1.807) is 0 Å². The Labute approximate surface area is 148 Å². The van der Waals surface area contributed by atoms with Crippen molar-refractivity contribution in [2.75, 3.05) is 19.6 Å². The predicted octanol–water partition coefficient (Wildman–Crippen LogP) is 4.47. The summed E-state index contributed by atoms with van der Waals surface area (Å²) in [5.41, 5.74) is 0.418. The van der Waals surface area contributed by atoms with Crippen molar-refractivity contribution < 1.29 is 5.11 Å². The zero-order valence-corrected chi connectivity index (χ0v) is 15.9. The SMILES string of the molecule is C[C@]12CCCC[C@@H]1CC[C@@H]1[C@H]2CC[C@@]2(C)[C@H]1CC[C@@]2(O)CN1CC1. The van der Waals surface area contributed by atoms with Crippen LogP contribution in [-0.2, 0) is 0 Å². The maximum atomic E-state index is 11.6. The van der Waals surface area contributed by atoms with Crippen molar-refractivity contribution >= 4 is 0 Å². The fourth-order valence-electron chi connectivity index (χ4n) is 8.26. The smallest absolute Gasteiger partial charge is 0.0830 e. The summed E-state index contributed by atoms with van der Waals surface area (Å²) in [6, 6.07) is 0. The molecule has 0 radical (unpaired) electrons. The van der Waals surface area contributed by atoms with Crippen molar-refractivity contribution in [3.8, 4) is 0 Å². The van der Waals surface area contributed by atoms with Crippen LogP contribution in [0, 0.1) is 34.5 Å². The van der Waals surface area contributed by atoms with E-state index in [0.717, 1.165) is 36.6 Å². The molecule has 2 heteroatoms. The van der Waals surface area contributed by atoms with Crippen molar-refractivity contribution in [3.05, 3.63) is 0 Å². The molecule has 1 saturated heterocycles. The number of rotatable bonds is 2. The molecule has 0 amide bonds. The first kappa shape index (κ1) is 16.1. The van der Waals surface area contributed by atoms with Crippen molar-refractivity contribution in [2.24, 2.45) is 34.5 Å². The van der Waals surface area contributed by atoms with E-state index in [1.165, 1.54) is 70.9 Å². The molecular weight excluding hydrogens is 294 g/mol. The molecule has 4 saturated carbocycles.